The van der Waals surface area contributed by atoms with Crippen molar-refractivity contribution in [3.63, 3.8) is 0 Å². The van der Waals surface area contributed by atoms with Crippen molar-refractivity contribution < 1.29 is 0 Å². The quantitative estimate of drug-likeness (QED) is 0.525. The predicted molar refractivity (Wildman–Crippen MR) is 64.3 cm³/mol. The first kappa shape index (κ1) is 12.1. The highest BCUT2D eigenvalue weighted by Crippen LogP contribution is 2.50. The van der Waals surface area contributed by atoms with Gasteiger partial charge in [-0.2, -0.15) is 0 Å². The minimum atomic E-state index is 0.478. The summed E-state index contributed by atoms with van der Waals surface area (Å²) >= 11 is 0. The first-order valence-electron chi connectivity index (χ1n) is 6.13. The highest BCUT2D eigenvalue weighted by atomic mass is 14.5. The second kappa shape index (κ2) is 3.54. The molecule has 0 spiro atoms. The molecule has 0 aromatic rings. The highest BCUT2D eigenvalue weighted by molar-refractivity contribution is 4.91. The Bertz CT molecular complexity index is 191. The van der Waals surface area contributed by atoms with Crippen LogP contribution in [0.25, 0.3) is 0 Å². The summed E-state index contributed by atoms with van der Waals surface area (Å²) in [6.45, 7) is 17.0. The van der Waals surface area contributed by atoms with Crippen LogP contribution in [0.2, 0.25) is 0 Å². The monoisotopic (exact) mass is 196 g/mol. The highest BCUT2D eigenvalue weighted by Gasteiger charge is 2.41. The Kier molecular flexibility index (Phi) is 3.05. The van der Waals surface area contributed by atoms with E-state index in [4.69, 9.17) is 0 Å². The largest absolute Gasteiger partial charge is 0.0622 e. The summed E-state index contributed by atoms with van der Waals surface area (Å²) in [5.74, 6) is 2.67. The molecule has 0 N–H and O–H groups in total. The minimum Gasteiger partial charge on any atom is -0.0622 e. The van der Waals surface area contributed by atoms with E-state index >= 15 is 0 Å². The molecule has 1 aliphatic carbocycles. The van der Waals surface area contributed by atoms with Crippen LogP contribution in [0.3, 0.4) is 0 Å². The van der Waals surface area contributed by atoms with E-state index in [-0.39, 0.29) is 0 Å². The van der Waals surface area contributed by atoms with Crippen LogP contribution in [0.5, 0.6) is 0 Å². The first-order valence-corrected chi connectivity index (χ1v) is 6.13. The van der Waals surface area contributed by atoms with Crippen molar-refractivity contribution in [2.75, 3.05) is 0 Å². The third kappa shape index (κ3) is 2.52. The Hall–Kier alpha value is 0. The van der Waals surface area contributed by atoms with Gasteiger partial charge in [0.25, 0.3) is 0 Å². The summed E-state index contributed by atoms with van der Waals surface area (Å²) in [6, 6.07) is 0. The maximum absolute atomic E-state index is 2.45. The van der Waals surface area contributed by atoms with E-state index in [1.54, 1.807) is 0 Å². The molecule has 3 unspecified atom stereocenters. The fourth-order valence-corrected chi connectivity index (χ4v) is 3.41. The molecule has 1 saturated carbocycles. The van der Waals surface area contributed by atoms with E-state index in [1.807, 2.05) is 0 Å². The molecule has 1 rings (SSSR count). The minimum absolute atomic E-state index is 0.478. The van der Waals surface area contributed by atoms with Crippen LogP contribution in [0, 0.1) is 28.6 Å². The maximum atomic E-state index is 2.45. The normalized spacial score (nSPS) is 38.4. The van der Waals surface area contributed by atoms with Gasteiger partial charge in [-0.25, -0.2) is 0 Å². The molecule has 3 atom stereocenters. The summed E-state index contributed by atoms with van der Waals surface area (Å²) in [7, 11) is 0. The van der Waals surface area contributed by atoms with E-state index in [1.165, 1.54) is 12.8 Å². The van der Waals surface area contributed by atoms with Gasteiger partial charge >= 0.3 is 0 Å². The van der Waals surface area contributed by atoms with Crippen molar-refractivity contribution >= 4 is 0 Å². The molecule has 14 heavy (non-hydrogen) atoms. The second-order valence-electron chi connectivity index (χ2n) is 7.38. The molecule has 1 aliphatic rings. The zero-order valence-corrected chi connectivity index (χ0v) is 11.1. The molecule has 0 aromatic heterocycles. The Labute approximate surface area is 90.5 Å². The molecule has 0 nitrogen and oxygen atoms in total. The summed E-state index contributed by atoms with van der Waals surface area (Å²) in [4.78, 5) is 0. The number of hydrogen-bond acceptors (Lipinski definition) is 0. The Balaban J connectivity index is 2.84. The van der Waals surface area contributed by atoms with E-state index in [0.717, 1.165) is 17.8 Å². The van der Waals surface area contributed by atoms with E-state index in [9.17, 15) is 0 Å². The molecule has 0 heteroatoms. The average Bonchev–Trinajstić information content (AvgIpc) is 1.93. The Morgan fingerprint density at radius 3 is 1.93 bits per heavy atom. The lowest BCUT2D eigenvalue weighted by Crippen LogP contribution is -2.40. The van der Waals surface area contributed by atoms with Gasteiger partial charge in [0.05, 0.1) is 0 Å². The lowest BCUT2D eigenvalue weighted by molar-refractivity contribution is 0.0109. The van der Waals surface area contributed by atoms with Gasteiger partial charge in [-0.1, -0.05) is 48.5 Å². The smallest absolute Gasteiger partial charge is 0.0332 e. The van der Waals surface area contributed by atoms with Gasteiger partial charge in [0.2, 0.25) is 0 Å². The topological polar surface area (TPSA) is 0 Å². The summed E-state index contributed by atoms with van der Waals surface area (Å²) in [6.07, 6.45) is 2.81. The summed E-state index contributed by atoms with van der Waals surface area (Å²) in [5, 5.41) is 0. The van der Waals surface area contributed by atoms with Gasteiger partial charge in [-0.3, -0.25) is 0 Å². The van der Waals surface area contributed by atoms with Crippen LogP contribution in [-0.4, -0.2) is 0 Å². The van der Waals surface area contributed by atoms with E-state index in [2.05, 4.69) is 48.5 Å². The molecule has 1 fully saturated rings. The molecule has 84 valence electrons. The molecule has 0 bridgehead atoms. The first-order chi connectivity index (χ1) is 6.13. The molecular weight excluding hydrogens is 168 g/mol. The molecule has 0 aliphatic heterocycles. The Morgan fingerprint density at radius 1 is 1.00 bits per heavy atom. The summed E-state index contributed by atoms with van der Waals surface area (Å²) in [5.41, 5.74) is 1.04. The van der Waals surface area contributed by atoms with Crippen molar-refractivity contribution in [3.05, 3.63) is 0 Å². The lowest BCUT2D eigenvalue weighted by atomic mass is 9.57. The van der Waals surface area contributed by atoms with Crippen LogP contribution in [0.4, 0.5) is 0 Å². The maximum Gasteiger partial charge on any atom is -0.0332 e. The van der Waals surface area contributed by atoms with Crippen LogP contribution >= 0.6 is 0 Å². The van der Waals surface area contributed by atoms with Gasteiger partial charge in [0.1, 0.15) is 0 Å². The van der Waals surface area contributed by atoms with Crippen LogP contribution in [0.1, 0.15) is 61.3 Å². The van der Waals surface area contributed by atoms with Gasteiger partial charge in [0.15, 0.2) is 0 Å². The van der Waals surface area contributed by atoms with Crippen molar-refractivity contribution in [1.82, 2.24) is 0 Å². The fourth-order valence-electron chi connectivity index (χ4n) is 3.41. The van der Waals surface area contributed by atoms with Crippen molar-refractivity contribution in [3.8, 4) is 0 Å². The molecule has 0 radical (unpaired) electrons. The van der Waals surface area contributed by atoms with Crippen molar-refractivity contribution in [2.24, 2.45) is 28.6 Å². The predicted octanol–water partition coefficient (Wildman–Crippen LogP) is 4.74. The van der Waals surface area contributed by atoms with Gasteiger partial charge in [0, 0.05) is 0 Å². The molecule has 0 amide bonds. The van der Waals surface area contributed by atoms with E-state index in [0.29, 0.717) is 10.8 Å². The number of hydrogen-bond donors (Lipinski definition) is 0. The SMILES string of the molecule is CC1CC(C)(C)CC(C(C)(C)C)C1C. The fraction of sp³-hybridized carbons (Fsp3) is 1.00. The number of rotatable bonds is 0. The third-order valence-corrected chi connectivity index (χ3v) is 4.29. The molecular formula is C14H28. The van der Waals surface area contributed by atoms with Crippen LogP contribution in [0.15, 0.2) is 0 Å². The standard InChI is InChI=1S/C14H28/c1-10-8-14(6,7)9-12(11(10)2)13(3,4)5/h10-12H,8-9H2,1-7H3. The van der Waals surface area contributed by atoms with Gasteiger partial charge < -0.3 is 0 Å². The van der Waals surface area contributed by atoms with Crippen LogP contribution in [-0.2, 0) is 0 Å². The van der Waals surface area contributed by atoms with Gasteiger partial charge in [-0.05, 0) is 41.4 Å². The zero-order chi connectivity index (χ0) is 11.1. The van der Waals surface area contributed by atoms with Crippen molar-refractivity contribution in [1.29, 1.82) is 0 Å². The molecule has 0 heterocycles. The summed E-state index contributed by atoms with van der Waals surface area (Å²) < 4.78 is 0. The van der Waals surface area contributed by atoms with Crippen molar-refractivity contribution in [2.45, 2.75) is 61.3 Å². The third-order valence-electron chi connectivity index (χ3n) is 4.29. The van der Waals surface area contributed by atoms with Gasteiger partial charge in [-0.15, -0.1) is 0 Å². The van der Waals surface area contributed by atoms with E-state index < -0.39 is 0 Å². The Morgan fingerprint density at radius 2 is 1.50 bits per heavy atom. The van der Waals surface area contributed by atoms with Crippen LogP contribution < -0.4 is 0 Å². The lowest BCUT2D eigenvalue weighted by Gasteiger charge is -2.49. The second-order valence-corrected chi connectivity index (χ2v) is 7.38. The zero-order valence-electron chi connectivity index (χ0n) is 11.1. The average molecular weight is 196 g/mol. The molecule has 0 aromatic carbocycles. The molecule has 0 saturated heterocycles.